The molecular formula is C46H28N6. The molecule has 0 aliphatic heterocycles. The van der Waals surface area contributed by atoms with Crippen molar-refractivity contribution >= 4 is 60.2 Å². The molecule has 0 bridgehead atoms. The van der Waals surface area contributed by atoms with Crippen LogP contribution in [0.1, 0.15) is 0 Å². The Morgan fingerprint density at radius 3 is 1.60 bits per heavy atom. The maximum absolute atomic E-state index is 5.19. The van der Waals surface area contributed by atoms with Gasteiger partial charge in [0.15, 0.2) is 17.5 Å². The van der Waals surface area contributed by atoms with Crippen molar-refractivity contribution in [2.75, 3.05) is 0 Å². The van der Waals surface area contributed by atoms with Gasteiger partial charge in [0.2, 0.25) is 0 Å². The van der Waals surface area contributed by atoms with Gasteiger partial charge in [-0.1, -0.05) is 121 Å². The van der Waals surface area contributed by atoms with Crippen LogP contribution in [-0.2, 0) is 0 Å². The third-order valence-corrected chi connectivity index (χ3v) is 10.1. The van der Waals surface area contributed by atoms with Gasteiger partial charge in [-0.25, -0.2) is 19.9 Å². The number of rotatable bonds is 4. The first-order chi connectivity index (χ1) is 25.8. The van der Waals surface area contributed by atoms with Crippen LogP contribution < -0.4 is 0 Å². The third-order valence-electron chi connectivity index (χ3n) is 10.1. The molecule has 6 heteroatoms. The Morgan fingerprint density at radius 2 is 0.885 bits per heavy atom. The van der Waals surface area contributed by atoms with Crippen molar-refractivity contribution in [3.63, 3.8) is 0 Å². The van der Waals surface area contributed by atoms with E-state index >= 15 is 0 Å². The summed E-state index contributed by atoms with van der Waals surface area (Å²) in [5.41, 5.74) is 10.3. The second-order valence-corrected chi connectivity index (χ2v) is 13.1. The van der Waals surface area contributed by atoms with Crippen LogP contribution >= 0.6 is 0 Å². The van der Waals surface area contributed by atoms with Crippen molar-refractivity contribution in [1.82, 2.24) is 28.9 Å². The molecule has 0 aliphatic rings. The molecule has 6 nitrogen and oxygen atoms in total. The Balaban J connectivity index is 1.17. The van der Waals surface area contributed by atoms with E-state index < -0.39 is 0 Å². The number of nitrogens with zero attached hydrogens (tertiary/aromatic N) is 6. The second-order valence-electron chi connectivity index (χ2n) is 13.1. The lowest BCUT2D eigenvalue weighted by atomic mass is 10.0. The van der Waals surface area contributed by atoms with Crippen LogP contribution in [0.2, 0.25) is 0 Å². The fourth-order valence-electron chi connectivity index (χ4n) is 7.77. The molecule has 0 amide bonds. The van der Waals surface area contributed by atoms with Crippen LogP contribution in [0.3, 0.4) is 0 Å². The molecule has 0 saturated carbocycles. The van der Waals surface area contributed by atoms with Gasteiger partial charge in [0.1, 0.15) is 5.65 Å². The van der Waals surface area contributed by atoms with Gasteiger partial charge >= 0.3 is 0 Å². The maximum atomic E-state index is 5.19. The topological polar surface area (TPSA) is 60.9 Å². The normalized spacial score (nSPS) is 11.8. The summed E-state index contributed by atoms with van der Waals surface area (Å²) in [7, 11) is 0. The van der Waals surface area contributed by atoms with Crippen LogP contribution in [0.15, 0.2) is 170 Å². The number of aromatic nitrogens is 6. The van der Waals surface area contributed by atoms with E-state index in [1.165, 1.54) is 21.5 Å². The summed E-state index contributed by atoms with van der Waals surface area (Å²) in [6.07, 6.45) is 0. The molecule has 11 rings (SSSR count). The van der Waals surface area contributed by atoms with Gasteiger partial charge in [-0.3, -0.25) is 4.40 Å². The Kier molecular flexibility index (Phi) is 6.15. The molecule has 0 radical (unpaired) electrons. The zero-order valence-corrected chi connectivity index (χ0v) is 27.8. The summed E-state index contributed by atoms with van der Waals surface area (Å²) >= 11 is 0. The average molecular weight is 665 g/mol. The van der Waals surface area contributed by atoms with E-state index in [2.05, 4.69) is 118 Å². The highest BCUT2D eigenvalue weighted by Gasteiger charge is 2.19. The van der Waals surface area contributed by atoms with E-state index in [-0.39, 0.29) is 0 Å². The smallest absolute Gasteiger partial charge is 0.164 e. The average Bonchev–Trinajstić information content (AvgIpc) is 3.77. The molecule has 0 aliphatic carbocycles. The highest BCUT2D eigenvalue weighted by Crippen LogP contribution is 2.40. The van der Waals surface area contributed by atoms with Crippen LogP contribution in [-0.4, -0.2) is 28.9 Å². The molecule has 4 aromatic heterocycles. The van der Waals surface area contributed by atoms with Gasteiger partial charge in [-0.05, 0) is 53.9 Å². The lowest BCUT2D eigenvalue weighted by molar-refractivity contribution is 1.07. The Labute approximate surface area is 297 Å². The SMILES string of the molecule is c1ccc(-c2nc(-c3ccccc3)nc(-c3cccc(-n4c5ccccc5c5cc6c(cc54)c4ccccc4n4c5ccccc5nc64)c3)n2)cc1. The van der Waals surface area contributed by atoms with E-state index in [1.807, 2.05) is 60.7 Å². The van der Waals surface area contributed by atoms with Crippen LogP contribution in [0, 0.1) is 0 Å². The molecular weight excluding hydrogens is 637 g/mol. The molecule has 0 saturated heterocycles. The molecule has 11 aromatic rings. The van der Waals surface area contributed by atoms with Crippen molar-refractivity contribution in [1.29, 1.82) is 0 Å². The van der Waals surface area contributed by atoms with Crippen molar-refractivity contribution in [3.8, 4) is 39.9 Å². The van der Waals surface area contributed by atoms with Crippen molar-refractivity contribution in [2.45, 2.75) is 0 Å². The number of benzene rings is 7. The standard InChI is InChI=1S/C46H28N6/c1-3-14-29(15-4-1)43-48-44(30-16-5-2-6-17-30)50-45(49-43)31-18-13-19-32(26-31)51-39-23-10-8-21-34(39)36-27-37-35(28-42(36)51)33-20-7-11-24-40(33)52-41-25-12-9-22-38(41)47-46(37)52/h1-28H. The Hall–Kier alpha value is -7.18. The van der Waals surface area contributed by atoms with E-state index in [0.717, 1.165) is 61.0 Å². The molecule has 52 heavy (non-hydrogen) atoms. The molecule has 0 unspecified atom stereocenters. The van der Waals surface area contributed by atoms with Gasteiger partial charge in [-0.15, -0.1) is 0 Å². The molecule has 0 spiro atoms. The fourth-order valence-corrected chi connectivity index (χ4v) is 7.77. The molecule has 7 aromatic carbocycles. The zero-order valence-electron chi connectivity index (χ0n) is 27.8. The zero-order chi connectivity index (χ0) is 34.2. The lowest BCUT2D eigenvalue weighted by Gasteiger charge is -2.13. The second kappa shape index (κ2) is 11.2. The highest BCUT2D eigenvalue weighted by molar-refractivity contribution is 6.21. The summed E-state index contributed by atoms with van der Waals surface area (Å²) < 4.78 is 4.68. The highest BCUT2D eigenvalue weighted by atomic mass is 15.0. The lowest BCUT2D eigenvalue weighted by Crippen LogP contribution is -2.01. The first kappa shape index (κ1) is 28.6. The van der Waals surface area contributed by atoms with Crippen LogP contribution in [0.4, 0.5) is 0 Å². The minimum atomic E-state index is 0.625. The molecule has 242 valence electrons. The summed E-state index contributed by atoms with van der Waals surface area (Å²) in [4.78, 5) is 20.1. The van der Waals surface area contributed by atoms with Crippen molar-refractivity contribution in [3.05, 3.63) is 170 Å². The van der Waals surface area contributed by atoms with Gasteiger partial charge in [0.05, 0.1) is 27.6 Å². The Bertz CT molecular complexity index is 3120. The number of imidazole rings is 1. The third kappa shape index (κ3) is 4.31. The maximum Gasteiger partial charge on any atom is 0.164 e. The molecule has 0 N–H and O–H groups in total. The largest absolute Gasteiger partial charge is 0.309 e. The van der Waals surface area contributed by atoms with Crippen LogP contribution in [0.25, 0.3) is 100 Å². The number of hydrogen-bond donors (Lipinski definition) is 0. The minimum absolute atomic E-state index is 0.625. The minimum Gasteiger partial charge on any atom is -0.309 e. The van der Waals surface area contributed by atoms with E-state index in [9.17, 15) is 0 Å². The van der Waals surface area contributed by atoms with Gasteiger partial charge in [-0.2, -0.15) is 0 Å². The van der Waals surface area contributed by atoms with Gasteiger partial charge in [0, 0.05) is 43.9 Å². The number of fused-ring (bicyclic) bond motifs is 11. The Morgan fingerprint density at radius 1 is 0.327 bits per heavy atom. The van der Waals surface area contributed by atoms with E-state index in [0.29, 0.717) is 17.5 Å². The summed E-state index contributed by atoms with van der Waals surface area (Å²) in [6, 6.07) is 59.1. The monoisotopic (exact) mass is 664 g/mol. The van der Waals surface area contributed by atoms with E-state index in [4.69, 9.17) is 19.9 Å². The molecule has 0 atom stereocenters. The van der Waals surface area contributed by atoms with Gasteiger partial charge < -0.3 is 4.57 Å². The van der Waals surface area contributed by atoms with E-state index in [1.54, 1.807) is 0 Å². The predicted molar refractivity (Wildman–Crippen MR) is 212 cm³/mol. The molecule has 0 fully saturated rings. The summed E-state index contributed by atoms with van der Waals surface area (Å²) in [5, 5.41) is 5.85. The number of hydrogen-bond acceptors (Lipinski definition) is 4. The number of para-hydroxylation sites is 4. The number of pyridine rings is 1. The fraction of sp³-hybridized carbons (Fsp3) is 0. The summed E-state index contributed by atoms with van der Waals surface area (Å²) in [6.45, 7) is 0. The summed E-state index contributed by atoms with van der Waals surface area (Å²) in [5.74, 6) is 1.91. The predicted octanol–water partition coefficient (Wildman–Crippen LogP) is 11.1. The quantitative estimate of drug-likeness (QED) is 0.176. The van der Waals surface area contributed by atoms with Crippen molar-refractivity contribution < 1.29 is 0 Å². The van der Waals surface area contributed by atoms with Crippen molar-refractivity contribution in [2.24, 2.45) is 0 Å². The van der Waals surface area contributed by atoms with Gasteiger partial charge in [0.25, 0.3) is 0 Å². The molecule has 4 heterocycles. The first-order valence-electron chi connectivity index (χ1n) is 17.4. The van der Waals surface area contributed by atoms with Crippen LogP contribution in [0.5, 0.6) is 0 Å². The first-order valence-corrected chi connectivity index (χ1v) is 17.4.